The molecule has 0 aliphatic rings. The van der Waals surface area contributed by atoms with Crippen LogP contribution in [0.2, 0.25) is 0 Å². The normalized spacial score (nSPS) is 16.7. The van der Waals surface area contributed by atoms with Crippen LogP contribution in [0, 0.1) is 0 Å². The first kappa shape index (κ1) is 13.7. The minimum absolute atomic E-state index is 0.266. The van der Waals surface area contributed by atoms with Gasteiger partial charge in [0.2, 0.25) is 0 Å². The maximum Gasteiger partial charge on any atom is 0.415 e. The fourth-order valence-corrected chi connectivity index (χ4v) is 0.827. The summed E-state index contributed by atoms with van der Waals surface area (Å²) in [5.74, 6) is 0. The van der Waals surface area contributed by atoms with Crippen LogP contribution in [0.4, 0.5) is 13.2 Å². The minimum Gasteiger partial charge on any atom is -0.393 e. The molecule has 0 radical (unpaired) electrons. The number of aliphatic hydroxyl groups is 2. The molecule has 0 fully saturated rings. The molecule has 86 valence electrons. The summed E-state index contributed by atoms with van der Waals surface area (Å²) >= 11 is 0. The van der Waals surface area contributed by atoms with Crippen LogP contribution < -0.4 is 5.32 Å². The molecule has 14 heavy (non-hydrogen) atoms. The van der Waals surface area contributed by atoms with Crippen LogP contribution in [0.5, 0.6) is 0 Å². The Hall–Kier alpha value is -0.330. The molecular formula is C8H16F3NO2. The standard InChI is InChI=1S/C8H16F3NO2/c1-2-6(13)3-4-12-5-7(14)8(9,10)11/h6-7,12-14H,2-5H2,1H3. The van der Waals surface area contributed by atoms with Crippen LogP contribution >= 0.6 is 0 Å². The molecule has 2 atom stereocenters. The zero-order valence-electron chi connectivity index (χ0n) is 8.01. The third-order valence-corrected chi connectivity index (χ3v) is 1.84. The molecule has 0 bridgehead atoms. The lowest BCUT2D eigenvalue weighted by molar-refractivity contribution is -0.201. The average molecular weight is 215 g/mol. The number of hydrogen-bond donors (Lipinski definition) is 3. The van der Waals surface area contributed by atoms with Crippen LogP contribution in [-0.4, -0.2) is 41.7 Å². The summed E-state index contributed by atoms with van der Waals surface area (Å²) in [5, 5.41) is 20.0. The maximum atomic E-state index is 11.8. The number of aliphatic hydroxyl groups excluding tert-OH is 2. The van der Waals surface area contributed by atoms with Gasteiger partial charge in [0.25, 0.3) is 0 Å². The van der Waals surface area contributed by atoms with Crippen molar-refractivity contribution < 1.29 is 23.4 Å². The van der Waals surface area contributed by atoms with Gasteiger partial charge < -0.3 is 15.5 Å². The summed E-state index contributed by atoms with van der Waals surface area (Å²) in [7, 11) is 0. The Bertz CT molecular complexity index is 152. The van der Waals surface area contributed by atoms with Gasteiger partial charge in [-0.05, 0) is 19.4 Å². The molecule has 0 spiro atoms. The van der Waals surface area contributed by atoms with E-state index in [1.165, 1.54) is 0 Å². The highest BCUT2D eigenvalue weighted by Crippen LogP contribution is 2.19. The maximum absolute atomic E-state index is 11.8. The van der Waals surface area contributed by atoms with Crippen molar-refractivity contribution in [1.29, 1.82) is 0 Å². The molecule has 0 saturated heterocycles. The van der Waals surface area contributed by atoms with Gasteiger partial charge in [-0.1, -0.05) is 6.92 Å². The van der Waals surface area contributed by atoms with Crippen molar-refractivity contribution in [1.82, 2.24) is 5.32 Å². The van der Waals surface area contributed by atoms with Crippen molar-refractivity contribution in [2.75, 3.05) is 13.1 Å². The first-order valence-corrected chi connectivity index (χ1v) is 4.51. The predicted molar refractivity (Wildman–Crippen MR) is 45.8 cm³/mol. The lowest BCUT2D eigenvalue weighted by Gasteiger charge is -2.15. The van der Waals surface area contributed by atoms with Gasteiger partial charge in [0, 0.05) is 6.54 Å². The molecule has 0 saturated carbocycles. The Balaban J connectivity index is 3.46. The summed E-state index contributed by atoms with van der Waals surface area (Å²) in [6, 6.07) is 0. The predicted octanol–water partition coefficient (Wildman–Crippen LogP) is 0.660. The summed E-state index contributed by atoms with van der Waals surface area (Å²) < 4.78 is 35.3. The second-order valence-corrected chi connectivity index (χ2v) is 3.11. The van der Waals surface area contributed by atoms with Crippen molar-refractivity contribution in [3.8, 4) is 0 Å². The molecular weight excluding hydrogens is 199 g/mol. The molecule has 3 N–H and O–H groups in total. The monoisotopic (exact) mass is 215 g/mol. The molecule has 2 unspecified atom stereocenters. The zero-order valence-corrected chi connectivity index (χ0v) is 8.01. The SMILES string of the molecule is CCC(O)CCNCC(O)C(F)(F)F. The summed E-state index contributed by atoms with van der Waals surface area (Å²) in [4.78, 5) is 0. The number of halogens is 3. The van der Waals surface area contributed by atoms with Gasteiger partial charge in [-0.15, -0.1) is 0 Å². The highest BCUT2D eigenvalue weighted by molar-refractivity contribution is 4.68. The van der Waals surface area contributed by atoms with E-state index in [1.807, 2.05) is 0 Å². The third-order valence-electron chi connectivity index (χ3n) is 1.84. The molecule has 0 aromatic heterocycles. The van der Waals surface area contributed by atoms with Gasteiger partial charge in [0.15, 0.2) is 6.10 Å². The summed E-state index contributed by atoms with van der Waals surface area (Å²) in [5.41, 5.74) is 0. The Kier molecular flexibility index (Phi) is 6.06. The van der Waals surface area contributed by atoms with Crippen molar-refractivity contribution in [3.05, 3.63) is 0 Å². The summed E-state index contributed by atoms with van der Waals surface area (Å²) in [6.45, 7) is 1.53. The molecule has 0 aromatic rings. The van der Waals surface area contributed by atoms with Crippen LogP contribution in [-0.2, 0) is 0 Å². The quantitative estimate of drug-likeness (QED) is 0.570. The number of rotatable bonds is 6. The van der Waals surface area contributed by atoms with E-state index in [4.69, 9.17) is 10.2 Å². The fourth-order valence-electron chi connectivity index (χ4n) is 0.827. The topological polar surface area (TPSA) is 52.5 Å². The van der Waals surface area contributed by atoms with Crippen molar-refractivity contribution in [3.63, 3.8) is 0 Å². The van der Waals surface area contributed by atoms with Crippen molar-refractivity contribution in [2.45, 2.75) is 38.1 Å². The Morgan fingerprint density at radius 1 is 1.29 bits per heavy atom. The van der Waals surface area contributed by atoms with E-state index in [0.717, 1.165) is 0 Å². The van der Waals surface area contributed by atoms with E-state index < -0.39 is 24.9 Å². The average Bonchev–Trinajstić information content (AvgIpc) is 2.09. The smallest absolute Gasteiger partial charge is 0.393 e. The molecule has 0 rings (SSSR count). The molecule has 3 nitrogen and oxygen atoms in total. The van der Waals surface area contributed by atoms with Crippen molar-refractivity contribution >= 4 is 0 Å². The van der Waals surface area contributed by atoms with E-state index in [-0.39, 0.29) is 6.54 Å². The molecule has 0 aliphatic carbocycles. The van der Waals surface area contributed by atoms with Gasteiger partial charge >= 0.3 is 6.18 Å². The highest BCUT2D eigenvalue weighted by atomic mass is 19.4. The first-order chi connectivity index (χ1) is 6.38. The van der Waals surface area contributed by atoms with E-state index >= 15 is 0 Å². The Labute approximate surface area is 80.9 Å². The fraction of sp³-hybridized carbons (Fsp3) is 1.00. The molecule has 0 aromatic carbocycles. The Morgan fingerprint density at radius 3 is 2.29 bits per heavy atom. The number of nitrogens with one attached hydrogen (secondary N) is 1. The second kappa shape index (κ2) is 6.21. The lowest BCUT2D eigenvalue weighted by atomic mass is 10.2. The summed E-state index contributed by atoms with van der Waals surface area (Å²) in [6.07, 6.45) is -6.44. The molecule has 0 amide bonds. The van der Waals surface area contributed by atoms with Crippen LogP contribution in [0.15, 0.2) is 0 Å². The van der Waals surface area contributed by atoms with Gasteiger partial charge in [-0.3, -0.25) is 0 Å². The van der Waals surface area contributed by atoms with E-state index in [1.54, 1.807) is 6.92 Å². The first-order valence-electron chi connectivity index (χ1n) is 4.51. The van der Waals surface area contributed by atoms with Gasteiger partial charge in [0.1, 0.15) is 0 Å². The van der Waals surface area contributed by atoms with Crippen molar-refractivity contribution in [2.24, 2.45) is 0 Å². The van der Waals surface area contributed by atoms with Crippen LogP contribution in [0.3, 0.4) is 0 Å². The van der Waals surface area contributed by atoms with Gasteiger partial charge in [-0.25, -0.2) is 0 Å². The minimum atomic E-state index is -4.57. The number of alkyl halides is 3. The molecule has 0 aliphatic heterocycles. The zero-order chi connectivity index (χ0) is 11.2. The Morgan fingerprint density at radius 2 is 1.86 bits per heavy atom. The van der Waals surface area contributed by atoms with E-state index in [2.05, 4.69) is 5.32 Å². The molecule has 0 heterocycles. The van der Waals surface area contributed by atoms with Crippen LogP contribution in [0.1, 0.15) is 19.8 Å². The second-order valence-electron chi connectivity index (χ2n) is 3.11. The van der Waals surface area contributed by atoms with E-state index in [9.17, 15) is 13.2 Å². The lowest BCUT2D eigenvalue weighted by Crippen LogP contribution is -2.39. The largest absolute Gasteiger partial charge is 0.415 e. The van der Waals surface area contributed by atoms with Gasteiger partial charge in [0.05, 0.1) is 6.10 Å². The van der Waals surface area contributed by atoms with E-state index in [0.29, 0.717) is 12.8 Å². The molecule has 6 heteroatoms. The highest BCUT2D eigenvalue weighted by Gasteiger charge is 2.37. The van der Waals surface area contributed by atoms with Gasteiger partial charge in [-0.2, -0.15) is 13.2 Å². The third kappa shape index (κ3) is 6.17. The number of hydrogen-bond acceptors (Lipinski definition) is 3. The van der Waals surface area contributed by atoms with Crippen LogP contribution in [0.25, 0.3) is 0 Å².